The maximum Gasteiger partial charge on any atom is 0.325 e. The van der Waals surface area contributed by atoms with Gasteiger partial charge in [0.2, 0.25) is 0 Å². The minimum Gasteiger partial charge on any atom is -0.487 e. The van der Waals surface area contributed by atoms with E-state index >= 15 is 0 Å². The number of alkyl halides is 2. The van der Waals surface area contributed by atoms with E-state index in [1.54, 1.807) is 0 Å². The fourth-order valence-corrected chi connectivity index (χ4v) is 1.12. The van der Waals surface area contributed by atoms with Gasteiger partial charge in [-0.3, -0.25) is 4.79 Å². The van der Waals surface area contributed by atoms with Gasteiger partial charge in [-0.05, 0) is 17.7 Å². The zero-order chi connectivity index (χ0) is 13.1. The van der Waals surface area contributed by atoms with E-state index < -0.39 is 24.5 Å². The van der Waals surface area contributed by atoms with Crippen LogP contribution in [0.2, 0.25) is 0 Å². The Morgan fingerprint density at radius 1 is 1.47 bits per heavy atom. The molecule has 4 nitrogen and oxygen atoms in total. The fraction of sp³-hybridized carbons (Fsp3) is 0.364. The number of halogens is 2. The highest BCUT2D eigenvalue weighted by atomic mass is 19.3. The second kappa shape index (κ2) is 5.09. The van der Waals surface area contributed by atoms with E-state index in [1.807, 2.05) is 0 Å². The second-order valence-electron chi connectivity index (χ2n) is 3.74. The molecule has 1 unspecified atom stereocenters. The minimum atomic E-state index is -2.91. The molecule has 1 atom stereocenters. The summed E-state index contributed by atoms with van der Waals surface area (Å²) in [4.78, 5) is 10.6. The molecular weight excluding hydrogens is 232 g/mol. The van der Waals surface area contributed by atoms with Gasteiger partial charge in [0, 0.05) is 6.92 Å². The Bertz CT molecular complexity index is 387. The van der Waals surface area contributed by atoms with E-state index in [1.165, 1.54) is 24.3 Å². The molecule has 17 heavy (non-hydrogen) atoms. The zero-order valence-electron chi connectivity index (χ0n) is 9.19. The van der Waals surface area contributed by atoms with E-state index in [2.05, 4.69) is 0 Å². The number of nitrogens with two attached hydrogens (primary N) is 1. The zero-order valence-corrected chi connectivity index (χ0v) is 9.19. The molecule has 0 saturated heterocycles. The highest BCUT2D eigenvalue weighted by Gasteiger charge is 2.22. The van der Waals surface area contributed by atoms with Crippen LogP contribution in [-0.4, -0.2) is 23.6 Å². The van der Waals surface area contributed by atoms with Crippen molar-refractivity contribution in [1.82, 2.24) is 0 Å². The number of hydrogen-bond acceptors (Lipinski definition) is 3. The Morgan fingerprint density at radius 2 is 2.00 bits per heavy atom. The molecule has 0 saturated carbocycles. The maximum atomic E-state index is 12.5. The fourth-order valence-electron chi connectivity index (χ4n) is 1.12. The summed E-state index contributed by atoms with van der Waals surface area (Å²) >= 11 is 0. The summed E-state index contributed by atoms with van der Waals surface area (Å²) in [7, 11) is 0. The van der Waals surface area contributed by atoms with Crippen molar-refractivity contribution in [1.29, 1.82) is 0 Å². The molecule has 0 amide bonds. The standard InChI is InChI=1S/C11H13F2NO3/c1-11(12,13)6-17-8-4-2-7(3-5-8)9(14)10(15)16/h2-5,9H,6,14H2,1H3,(H,15,16). The van der Waals surface area contributed by atoms with Gasteiger partial charge < -0.3 is 15.6 Å². The van der Waals surface area contributed by atoms with Crippen LogP contribution < -0.4 is 10.5 Å². The van der Waals surface area contributed by atoms with Crippen molar-refractivity contribution in [2.45, 2.75) is 18.9 Å². The normalized spacial score (nSPS) is 13.2. The van der Waals surface area contributed by atoms with Crippen LogP contribution in [-0.2, 0) is 4.79 Å². The number of ether oxygens (including phenoxy) is 1. The Morgan fingerprint density at radius 3 is 2.41 bits per heavy atom. The van der Waals surface area contributed by atoms with Crippen molar-refractivity contribution in [2.75, 3.05) is 6.61 Å². The topological polar surface area (TPSA) is 72.5 Å². The van der Waals surface area contributed by atoms with Gasteiger partial charge in [-0.1, -0.05) is 12.1 Å². The molecule has 0 aliphatic heterocycles. The van der Waals surface area contributed by atoms with Crippen molar-refractivity contribution in [2.24, 2.45) is 5.73 Å². The Kier molecular flexibility index (Phi) is 4.01. The predicted molar refractivity (Wildman–Crippen MR) is 57.1 cm³/mol. The highest BCUT2D eigenvalue weighted by molar-refractivity contribution is 5.75. The van der Waals surface area contributed by atoms with Crippen molar-refractivity contribution < 1.29 is 23.4 Å². The number of carbonyl (C=O) groups is 1. The summed E-state index contributed by atoms with van der Waals surface area (Å²) in [5.41, 5.74) is 5.75. The molecule has 0 radical (unpaired) electrons. The molecule has 1 aromatic rings. The van der Waals surface area contributed by atoms with Gasteiger partial charge in [0.15, 0.2) is 6.61 Å². The van der Waals surface area contributed by atoms with Crippen LogP contribution in [0.15, 0.2) is 24.3 Å². The summed E-state index contributed by atoms with van der Waals surface area (Å²) in [6.07, 6.45) is 0. The lowest BCUT2D eigenvalue weighted by Crippen LogP contribution is -2.21. The van der Waals surface area contributed by atoms with Gasteiger partial charge >= 0.3 is 5.97 Å². The first-order valence-electron chi connectivity index (χ1n) is 4.88. The summed E-state index contributed by atoms with van der Waals surface area (Å²) in [6, 6.07) is 4.55. The van der Waals surface area contributed by atoms with Crippen LogP contribution in [0, 0.1) is 0 Å². The molecule has 0 aliphatic rings. The molecule has 3 N–H and O–H groups in total. The molecule has 0 fully saturated rings. The molecule has 0 bridgehead atoms. The van der Waals surface area contributed by atoms with E-state index in [0.717, 1.165) is 6.92 Å². The van der Waals surface area contributed by atoms with Crippen molar-refractivity contribution in [3.63, 3.8) is 0 Å². The van der Waals surface area contributed by atoms with Crippen molar-refractivity contribution in [3.05, 3.63) is 29.8 Å². The van der Waals surface area contributed by atoms with Gasteiger partial charge in [0.1, 0.15) is 11.8 Å². The smallest absolute Gasteiger partial charge is 0.325 e. The quantitative estimate of drug-likeness (QED) is 0.829. The first kappa shape index (κ1) is 13.4. The van der Waals surface area contributed by atoms with Crippen LogP contribution in [0.5, 0.6) is 5.75 Å². The average Bonchev–Trinajstić information content (AvgIpc) is 2.25. The third kappa shape index (κ3) is 4.36. The monoisotopic (exact) mass is 245 g/mol. The second-order valence-corrected chi connectivity index (χ2v) is 3.74. The molecule has 0 aromatic heterocycles. The first-order chi connectivity index (χ1) is 7.79. The van der Waals surface area contributed by atoms with Crippen LogP contribution >= 0.6 is 0 Å². The number of benzene rings is 1. The summed E-state index contributed by atoms with van der Waals surface area (Å²) in [6.45, 7) is 0.0268. The Labute approximate surface area is 97.0 Å². The van der Waals surface area contributed by atoms with Crippen LogP contribution in [0.4, 0.5) is 8.78 Å². The number of hydrogen-bond donors (Lipinski definition) is 2. The number of aliphatic carboxylic acids is 1. The van der Waals surface area contributed by atoms with E-state index in [4.69, 9.17) is 15.6 Å². The van der Waals surface area contributed by atoms with Gasteiger partial charge in [-0.15, -0.1) is 0 Å². The lowest BCUT2D eigenvalue weighted by Gasteiger charge is -2.12. The predicted octanol–water partition coefficient (Wildman–Crippen LogP) is 1.80. The molecule has 0 aliphatic carbocycles. The SMILES string of the molecule is CC(F)(F)COc1ccc(C(N)C(=O)O)cc1. The van der Waals surface area contributed by atoms with E-state index in [-0.39, 0.29) is 5.75 Å². The minimum absolute atomic E-state index is 0.243. The summed E-state index contributed by atoms with van der Waals surface area (Å²) in [5, 5.41) is 8.66. The van der Waals surface area contributed by atoms with Crippen LogP contribution in [0.3, 0.4) is 0 Å². The third-order valence-electron chi connectivity index (χ3n) is 2.00. The van der Waals surface area contributed by atoms with Gasteiger partial charge in [0.05, 0.1) is 0 Å². The lowest BCUT2D eigenvalue weighted by molar-refractivity contribution is -0.138. The average molecular weight is 245 g/mol. The molecule has 0 heterocycles. The number of carboxylic acid groups (broad SMARTS) is 1. The maximum absolute atomic E-state index is 12.5. The van der Waals surface area contributed by atoms with Crippen LogP contribution in [0.25, 0.3) is 0 Å². The Balaban J connectivity index is 2.65. The molecule has 6 heteroatoms. The van der Waals surface area contributed by atoms with Gasteiger partial charge in [-0.2, -0.15) is 0 Å². The molecular formula is C11H13F2NO3. The third-order valence-corrected chi connectivity index (χ3v) is 2.00. The summed E-state index contributed by atoms with van der Waals surface area (Å²) < 4.78 is 29.8. The first-order valence-corrected chi connectivity index (χ1v) is 4.88. The molecule has 1 aromatic carbocycles. The summed E-state index contributed by atoms with van der Waals surface area (Å²) in [5.74, 6) is -3.82. The number of rotatable bonds is 5. The highest BCUT2D eigenvalue weighted by Crippen LogP contribution is 2.19. The Hall–Kier alpha value is -1.69. The van der Waals surface area contributed by atoms with Crippen molar-refractivity contribution in [3.8, 4) is 5.75 Å². The van der Waals surface area contributed by atoms with E-state index in [9.17, 15) is 13.6 Å². The van der Waals surface area contributed by atoms with Crippen LogP contribution in [0.1, 0.15) is 18.5 Å². The molecule has 1 rings (SSSR count). The van der Waals surface area contributed by atoms with Crippen molar-refractivity contribution >= 4 is 5.97 Å². The number of carboxylic acids is 1. The molecule has 0 spiro atoms. The van der Waals surface area contributed by atoms with E-state index in [0.29, 0.717) is 5.56 Å². The molecule has 94 valence electrons. The van der Waals surface area contributed by atoms with Gasteiger partial charge in [-0.25, -0.2) is 8.78 Å². The van der Waals surface area contributed by atoms with Gasteiger partial charge in [0.25, 0.3) is 5.92 Å². The largest absolute Gasteiger partial charge is 0.487 e. The lowest BCUT2D eigenvalue weighted by atomic mass is 10.1.